The van der Waals surface area contributed by atoms with E-state index >= 15 is 0 Å². The van der Waals surface area contributed by atoms with Gasteiger partial charge in [-0.05, 0) is 23.8 Å². The van der Waals surface area contributed by atoms with Gasteiger partial charge < -0.3 is 4.74 Å². The molecular weight excluding hydrogens is 320 g/mol. The van der Waals surface area contributed by atoms with Crippen molar-refractivity contribution in [1.82, 2.24) is 20.0 Å². The van der Waals surface area contributed by atoms with Gasteiger partial charge in [-0.25, -0.2) is 4.79 Å². The minimum absolute atomic E-state index is 0.0534. The fourth-order valence-electron chi connectivity index (χ4n) is 2.17. The number of ether oxygens (including phenoxy) is 1. The van der Waals surface area contributed by atoms with Crippen LogP contribution in [0.25, 0.3) is 10.9 Å². The molecule has 0 saturated heterocycles. The number of pyridine rings is 1. The number of carbonyl (C=O) groups excluding carboxylic acids is 2. The van der Waals surface area contributed by atoms with E-state index in [4.69, 9.17) is 11.6 Å². The molecule has 3 aromatic rings. The number of rotatable bonds is 4. The largest absolute Gasteiger partial charge is 0.464 e. The van der Waals surface area contributed by atoms with Crippen LogP contribution in [-0.2, 0) is 11.3 Å². The Bertz CT molecular complexity index is 907. The van der Waals surface area contributed by atoms with Gasteiger partial charge in [0.25, 0.3) is 0 Å². The van der Waals surface area contributed by atoms with Gasteiger partial charge in [-0.1, -0.05) is 17.7 Å². The van der Waals surface area contributed by atoms with Crippen molar-refractivity contribution in [3.05, 3.63) is 52.4 Å². The molecule has 0 aliphatic carbocycles. The highest BCUT2D eigenvalue weighted by Gasteiger charge is 2.18. The van der Waals surface area contributed by atoms with Crippen LogP contribution in [0.5, 0.6) is 0 Å². The summed E-state index contributed by atoms with van der Waals surface area (Å²) < 4.78 is 4.58. The van der Waals surface area contributed by atoms with Gasteiger partial charge in [-0.3, -0.25) is 9.78 Å². The third-order valence-electron chi connectivity index (χ3n) is 3.21. The van der Waals surface area contributed by atoms with E-state index in [0.29, 0.717) is 17.9 Å². The molecule has 0 bridgehead atoms. The summed E-state index contributed by atoms with van der Waals surface area (Å²) in [5.41, 5.74) is 1.54. The molecule has 2 aromatic heterocycles. The second kappa shape index (κ2) is 6.13. The molecule has 0 radical (unpaired) electrons. The lowest BCUT2D eigenvalue weighted by Gasteiger charge is -2.03. The smallest absolute Gasteiger partial charge is 0.361 e. The maximum atomic E-state index is 11.6. The number of hydrogen-bond donors (Lipinski definition) is 0. The van der Waals surface area contributed by atoms with Crippen LogP contribution < -0.4 is 0 Å². The maximum absolute atomic E-state index is 11.6. The molecule has 0 atom stereocenters. The monoisotopic (exact) mass is 330 g/mol. The van der Waals surface area contributed by atoms with Crippen LogP contribution in [-0.4, -0.2) is 39.3 Å². The van der Waals surface area contributed by atoms with E-state index < -0.39 is 5.97 Å². The molecule has 0 amide bonds. The van der Waals surface area contributed by atoms with E-state index in [2.05, 4.69) is 19.9 Å². The van der Waals surface area contributed by atoms with Gasteiger partial charge in [-0.2, -0.15) is 4.80 Å². The van der Waals surface area contributed by atoms with Crippen molar-refractivity contribution >= 4 is 34.8 Å². The number of halogens is 1. The highest BCUT2D eigenvalue weighted by atomic mass is 35.5. The molecule has 0 unspecified atom stereocenters. The number of methoxy groups -OCH3 is 1. The summed E-state index contributed by atoms with van der Waals surface area (Å²) in [7, 11) is 1.22. The molecule has 0 saturated carbocycles. The number of aldehydes is 1. The lowest BCUT2D eigenvalue weighted by Crippen LogP contribution is -2.07. The van der Waals surface area contributed by atoms with Crippen molar-refractivity contribution in [3.63, 3.8) is 0 Å². The highest BCUT2D eigenvalue weighted by Crippen LogP contribution is 2.18. The van der Waals surface area contributed by atoms with Gasteiger partial charge in [-0.15, -0.1) is 10.2 Å². The molecule has 0 spiro atoms. The first-order valence-corrected chi connectivity index (χ1v) is 7.01. The molecule has 2 heterocycles. The van der Waals surface area contributed by atoms with E-state index in [-0.39, 0.29) is 11.4 Å². The molecule has 116 valence electrons. The highest BCUT2D eigenvalue weighted by molar-refractivity contribution is 6.31. The van der Waals surface area contributed by atoms with Gasteiger partial charge in [0.2, 0.25) is 5.69 Å². The zero-order valence-electron chi connectivity index (χ0n) is 12.1. The van der Waals surface area contributed by atoms with Gasteiger partial charge in [0.05, 0.1) is 24.2 Å². The number of nitrogens with zero attached hydrogens (tertiary/aromatic N) is 4. The van der Waals surface area contributed by atoms with Gasteiger partial charge >= 0.3 is 5.97 Å². The molecule has 0 N–H and O–H groups in total. The Morgan fingerprint density at radius 2 is 2.17 bits per heavy atom. The van der Waals surface area contributed by atoms with Crippen molar-refractivity contribution < 1.29 is 14.3 Å². The zero-order chi connectivity index (χ0) is 16.4. The first-order valence-electron chi connectivity index (χ1n) is 6.63. The summed E-state index contributed by atoms with van der Waals surface area (Å²) in [5.74, 6) is -0.701. The van der Waals surface area contributed by atoms with Crippen LogP contribution in [0.15, 0.2) is 30.5 Å². The van der Waals surface area contributed by atoms with E-state index in [9.17, 15) is 9.59 Å². The fourth-order valence-corrected chi connectivity index (χ4v) is 2.34. The molecule has 3 rings (SSSR count). The van der Waals surface area contributed by atoms with Crippen LogP contribution in [0.4, 0.5) is 0 Å². The lowest BCUT2D eigenvalue weighted by molar-refractivity contribution is 0.0590. The van der Waals surface area contributed by atoms with E-state index in [1.807, 2.05) is 18.2 Å². The van der Waals surface area contributed by atoms with Crippen LogP contribution in [0.1, 0.15) is 26.5 Å². The summed E-state index contributed by atoms with van der Waals surface area (Å²) in [4.78, 5) is 28.0. The normalized spacial score (nSPS) is 10.7. The molecule has 0 aliphatic rings. The number of esters is 1. The minimum atomic E-state index is -0.701. The van der Waals surface area contributed by atoms with Gasteiger partial charge in [0.1, 0.15) is 0 Å². The van der Waals surface area contributed by atoms with E-state index in [0.717, 1.165) is 16.5 Å². The van der Waals surface area contributed by atoms with Gasteiger partial charge in [0, 0.05) is 11.6 Å². The Balaban J connectivity index is 1.94. The summed E-state index contributed by atoms with van der Waals surface area (Å²) in [6.45, 7) is 0.292. The van der Waals surface area contributed by atoms with Crippen molar-refractivity contribution in [2.75, 3.05) is 7.11 Å². The number of fused-ring (bicyclic) bond motifs is 1. The van der Waals surface area contributed by atoms with E-state index in [1.54, 1.807) is 12.3 Å². The predicted octanol–water partition coefficient (Wildman–Crippen LogP) is 2.13. The molecular formula is C15H11ClN4O3. The average Bonchev–Trinajstić information content (AvgIpc) is 2.96. The fraction of sp³-hybridized carbons (Fsp3) is 0.133. The first kappa shape index (κ1) is 15.1. The quantitative estimate of drug-likeness (QED) is 0.538. The van der Waals surface area contributed by atoms with Crippen molar-refractivity contribution in [2.45, 2.75) is 6.54 Å². The van der Waals surface area contributed by atoms with Crippen LogP contribution >= 0.6 is 11.6 Å². The van der Waals surface area contributed by atoms with E-state index in [1.165, 1.54) is 11.9 Å². The number of aromatic nitrogens is 4. The van der Waals surface area contributed by atoms with Crippen molar-refractivity contribution in [3.8, 4) is 0 Å². The Morgan fingerprint density at radius 3 is 2.91 bits per heavy atom. The second-order valence-electron chi connectivity index (χ2n) is 4.75. The van der Waals surface area contributed by atoms with Crippen molar-refractivity contribution in [2.24, 2.45) is 0 Å². The Morgan fingerprint density at radius 1 is 1.35 bits per heavy atom. The first-order chi connectivity index (χ1) is 11.1. The molecule has 7 nitrogen and oxygen atoms in total. The molecule has 23 heavy (non-hydrogen) atoms. The summed E-state index contributed by atoms with van der Waals surface area (Å²) in [5, 5.41) is 9.41. The zero-order valence-corrected chi connectivity index (χ0v) is 12.8. The third-order valence-corrected chi connectivity index (χ3v) is 3.41. The third kappa shape index (κ3) is 3.04. The van der Waals surface area contributed by atoms with Crippen LogP contribution in [0, 0.1) is 0 Å². The maximum Gasteiger partial charge on any atom is 0.361 e. The topological polar surface area (TPSA) is 87.0 Å². The molecule has 0 fully saturated rings. The molecule has 8 heteroatoms. The number of benzene rings is 1. The Kier molecular flexibility index (Phi) is 4.03. The van der Waals surface area contributed by atoms with Crippen LogP contribution in [0.2, 0.25) is 5.02 Å². The molecule has 0 aliphatic heterocycles. The predicted molar refractivity (Wildman–Crippen MR) is 82.6 cm³/mol. The summed E-state index contributed by atoms with van der Waals surface area (Å²) >= 11 is 5.94. The molecule has 1 aromatic carbocycles. The van der Waals surface area contributed by atoms with Gasteiger partial charge in [0.15, 0.2) is 12.0 Å². The Labute approximate surface area is 135 Å². The van der Waals surface area contributed by atoms with Crippen LogP contribution in [0.3, 0.4) is 0 Å². The lowest BCUT2D eigenvalue weighted by atomic mass is 10.1. The second-order valence-corrected chi connectivity index (χ2v) is 5.19. The standard InChI is InChI=1S/C15H11ClN4O3/c1-23-15(22)14-13(8-21)18-20(19-14)7-9-2-3-12-10(4-9)5-11(16)6-17-12/h2-6,8H,7H2,1H3. The minimum Gasteiger partial charge on any atom is -0.464 e. The summed E-state index contributed by atoms with van der Waals surface area (Å²) in [6, 6.07) is 7.42. The number of hydrogen-bond acceptors (Lipinski definition) is 6. The summed E-state index contributed by atoms with van der Waals surface area (Å²) in [6.07, 6.45) is 2.05. The number of carbonyl (C=O) groups is 2. The Hall–Kier alpha value is -2.80. The SMILES string of the molecule is COC(=O)c1nn(Cc2ccc3ncc(Cl)cc3c2)nc1C=O. The van der Waals surface area contributed by atoms with Crippen molar-refractivity contribution in [1.29, 1.82) is 0 Å². The average molecular weight is 331 g/mol.